The fourth-order valence-corrected chi connectivity index (χ4v) is 4.60. The van der Waals surface area contributed by atoms with Crippen molar-refractivity contribution in [1.82, 2.24) is 4.31 Å². The Bertz CT molecular complexity index is 571. The zero-order valence-corrected chi connectivity index (χ0v) is 13.1. The van der Waals surface area contributed by atoms with Crippen LogP contribution in [-0.4, -0.2) is 25.8 Å². The maximum atomic E-state index is 13.4. The zero-order valence-electron chi connectivity index (χ0n) is 12.3. The van der Waals surface area contributed by atoms with Crippen LogP contribution in [0.2, 0.25) is 0 Å². The van der Waals surface area contributed by atoms with Crippen molar-refractivity contribution < 1.29 is 12.8 Å². The van der Waals surface area contributed by atoms with Crippen LogP contribution in [0.1, 0.15) is 37.3 Å². The van der Waals surface area contributed by atoms with Crippen molar-refractivity contribution in [3.8, 4) is 0 Å². The van der Waals surface area contributed by atoms with Crippen LogP contribution >= 0.6 is 0 Å². The second-order valence-corrected chi connectivity index (χ2v) is 7.55. The molecule has 112 valence electrons. The third kappa shape index (κ3) is 3.20. The standard InChI is InChI=1S/C15H22FNO2S/c1-4-7-17(10-13-5-6-13)20(18,19)15-11(2)8-14(16)9-12(15)3/h8-9,13H,4-7,10H2,1-3H3. The summed E-state index contributed by atoms with van der Waals surface area (Å²) in [7, 11) is -3.53. The summed E-state index contributed by atoms with van der Waals surface area (Å²) in [5.74, 6) is 0.112. The molecule has 0 aromatic heterocycles. The van der Waals surface area contributed by atoms with Gasteiger partial charge in [-0.25, -0.2) is 12.8 Å². The summed E-state index contributed by atoms with van der Waals surface area (Å²) < 4.78 is 40.6. The summed E-state index contributed by atoms with van der Waals surface area (Å²) in [6.07, 6.45) is 3.00. The second-order valence-electron chi connectivity index (χ2n) is 5.68. The van der Waals surface area contributed by atoms with Crippen LogP contribution in [-0.2, 0) is 10.0 Å². The summed E-state index contributed by atoms with van der Waals surface area (Å²) in [5, 5.41) is 0. The highest BCUT2D eigenvalue weighted by Crippen LogP contribution is 2.33. The fraction of sp³-hybridized carbons (Fsp3) is 0.600. The van der Waals surface area contributed by atoms with Gasteiger partial charge in [-0.1, -0.05) is 6.92 Å². The molecular weight excluding hydrogens is 277 g/mol. The first-order chi connectivity index (χ1) is 9.36. The molecule has 1 aromatic carbocycles. The Balaban J connectivity index is 2.41. The minimum absolute atomic E-state index is 0.271. The molecule has 0 bridgehead atoms. The molecule has 1 aliphatic carbocycles. The van der Waals surface area contributed by atoms with E-state index in [0.29, 0.717) is 30.1 Å². The van der Waals surface area contributed by atoms with Crippen LogP contribution < -0.4 is 0 Å². The van der Waals surface area contributed by atoms with Crippen LogP contribution in [0.25, 0.3) is 0 Å². The Morgan fingerprint density at radius 1 is 1.25 bits per heavy atom. The molecule has 0 aliphatic heterocycles. The lowest BCUT2D eigenvalue weighted by Crippen LogP contribution is -2.34. The van der Waals surface area contributed by atoms with E-state index in [-0.39, 0.29) is 10.7 Å². The van der Waals surface area contributed by atoms with Gasteiger partial charge in [0.05, 0.1) is 4.90 Å². The summed E-state index contributed by atoms with van der Waals surface area (Å²) >= 11 is 0. The molecule has 0 radical (unpaired) electrons. The van der Waals surface area contributed by atoms with Crippen molar-refractivity contribution in [3.63, 3.8) is 0 Å². The van der Waals surface area contributed by atoms with E-state index < -0.39 is 10.0 Å². The maximum Gasteiger partial charge on any atom is 0.243 e. The van der Waals surface area contributed by atoms with E-state index in [1.165, 1.54) is 12.1 Å². The Morgan fingerprint density at radius 3 is 2.25 bits per heavy atom. The molecule has 5 heteroatoms. The fourth-order valence-electron chi connectivity index (χ4n) is 2.58. The Labute approximate surface area is 120 Å². The van der Waals surface area contributed by atoms with Gasteiger partial charge in [0.2, 0.25) is 10.0 Å². The quantitative estimate of drug-likeness (QED) is 0.808. The molecule has 2 rings (SSSR count). The number of rotatable bonds is 6. The second kappa shape index (κ2) is 5.82. The molecule has 0 N–H and O–H groups in total. The molecule has 1 saturated carbocycles. The highest BCUT2D eigenvalue weighted by atomic mass is 32.2. The predicted molar refractivity (Wildman–Crippen MR) is 77.6 cm³/mol. The molecule has 0 unspecified atom stereocenters. The number of hydrogen-bond acceptors (Lipinski definition) is 2. The molecule has 1 aliphatic rings. The molecule has 20 heavy (non-hydrogen) atoms. The van der Waals surface area contributed by atoms with Crippen molar-refractivity contribution in [2.45, 2.75) is 44.9 Å². The van der Waals surface area contributed by atoms with Crippen molar-refractivity contribution in [2.75, 3.05) is 13.1 Å². The van der Waals surface area contributed by atoms with Gasteiger partial charge in [-0.15, -0.1) is 0 Å². The molecule has 0 heterocycles. The van der Waals surface area contributed by atoms with E-state index in [9.17, 15) is 12.8 Å². The van der Waals surface area contributed by atoms with E-state index in [2.05, 4.69) is 0 Å². The van der Waals surface area contributed by atoms with Crippen molar-refractivity contribution in [1.29, 1.82) is 0 Å². The number of hydrogen-bond donors (Lipinski definition) is 0. The maximum absolute atomic E-state index is 13.4. The smallest absolute Gasteiger partial charge is 0.207 e. The summed E-state index contributed by atoms with van der Waals surface area (Å²) in [4.78, 5) is 0.271. The third-order valence-corrected chi connectivity index (χ3v) is 5.83. The highest BCUT2D eigenvalue weighted by molar-refractivity contribution is 7.89. The normalized spacial score (nSPS) is 15.8. The van der Waals surface area contributed by atoms with Gasteiger partial charge >= 0.3 is 0 Å². The lowest BCUT2D eigenvalue weighted by Gasteiger charge is -2.23. The molecule has 1 fully saturated rings. The first-order valence-corrected chi connectivity index (χ1v) is 8.57. The number of sulfonamides is 1. The molecule has 0 saturated heterocycles. The van der Waals surface area contributed by atoms with Gasteiger partial charge in [0, 0.05) is 13.1 Å². The number of benzene rings is 1. The average Bonchev–Trinajstić information content (AvgIpc) is 3.10. The van der Waals surface area contributed by atoms with Gasteiger partial charge in [0.25, 0.3) is 0 Å². The Kier molecular flexibility index (Phi) is 4.49. The summed E-state index contributed by atoms with van der Waals surface area (Å²) in [5.41, 5.74) is 0.971. The van der Waals surface area contributed by atoms with Crippen LogP contribution in [0.4, 0.5) is 4.39 Å². The summed E-state index contributed by atoms with van der Waals surface area (Å²) in [6, 6.07) is 2.59. The third-order valence-electron chi connectivity index (χ3n) is 3.65. The average molecular weight is 299 g/mol. The topological polar surface area (TPSA) is 37.4 Å². The van der Waals surface area contributed by atoms with Crippen molar-refractivity contribution in [3.05, 3.63) is 29.1 Å². The van der Waals surface area contributed by atoms with Crippen molar-refractivity contribution in [2.24, 2.45) is 5.92 Å². The summed E-state index contributed by atoms with van der Waals surface area (Å²) in [6.45, 7) is 6.40. The largest absolute Gasteiger partial charge is 0.243 e. The van der Waals surface area contributed by atoms with Gasteiger partial charge < -0.3 is 0 Å². The van der Waals surface area contributed by atoms with Gasteiger partial charge in [0.1, 0.15) is 5.82 Å². The van der Waals surface area contributed by atoms with E-state index >= 15 is 0 Å². The van der Waals surface area contributed by atoms with Crippen LogP contribution in [0.5, 0.6) is 0 Å². The number of nitrogens with zero attached hydrogens (tertiary/aromatic N) is 1. The SMILES string of the molecule is CCCN(CC1CC1)S(=O)(=O)c1c(C)cc(F)cc1C. The molecule has 0 spiro atoms. The molecular formula is C15H22FNO2S. The van der Waals surface area contributed by atoms with Gasteiger partial charge in [-0.3, -0.25) is 0 Å². The van der Waals surface area contributed by atoms with E-state index in [1.807, 2.05) is 6.92 Å². The minimum Gasteiger partial charge on any atom is -0.207 e. The number of halogens is 1. The first kappa shape index (κ1) is 15.4. The van der Waals surface area contributed by atoms with Crippen molar-refractivity contribution >= 4 is 10.0 Å². The van der Waals surface area contributed by atoms with Gasteiger partial charge in [-0.2, -0.15) is 4.31 Å². The molecule has 3 nitrogen and oxygen atoms in total. The highest BCUT2D eigenvalue weighted by Gasteiger charge is 2.32. The minimum atomic E-state index is -3.53. The molecule has 1 aromatic rings. The van der Waals surface area contributed by atoms with Crippen LogP contribution in [0, 0.1) is 25.6 Å². The van der Waals surface area contributed by atoms with Crippen LogP contribution in [0.3, 0.4) is 0 Å². The predicted octanol–water partition coefficient (Wildman–Crippen LogP) is 3.25. The van der Waals surface area contributed by atoms with Crippen LogP contribution in [0.15, 0.2) is 17.0 Å². The van der Waals surface area contributed by atoms with E-state index in [0.717, 1.165) is 19.3 Å². The first-order valence-electron chi connectivity index (χ1n) is 7.13. The molecule has 0 amide bonds. The number of aryl methyl sites for hydroxylation is 2. The van der Waals surface area contributed by atoms with E-state index in [1.54, 1.807) is 18.2 Å². The van der Waals surface area contributed by atoms with Gasteiger partial charge in [0.15, 0.2) is 0 Å². The lowest BCUT2D eigenvalue weighted by molar-refractivity contribution is 0.395. The monoisotopic (exact) mass is 299 g/mol. The Hall–Kier alpha value is -0.940. The lowest BCUT2D eigenvalue weighted by atomic mass is 10.1. The molecule has 0 atom stereocenters. The van der Waals surface area contributed by atoms with Gasteiger partial charge in [-0.05, 0) is 62.3 Å². The van der Waals surface area contributed by atoms with E-state index in [4.69, 9.17) is 0 Å². The Morgan fingerprint density at radius 2 is 1.80 bits per heavy atom. The zero-order chi connectivity index (χ0) is 14.9.